The Morgan fingerprint density at radius 2 is 2.07 bits per heavy atom. The normalized spacial score (nSPS) is 9.29. The molecule has 0 heterocycles. The lowest BCUT2D eigenvalue weighted by molar-refractivity contribution is -0.117. The summed E-state index contributed by atoms with van der Waals surface area (Å²) in [6.45, 7) is 0. The highest BCUT2D eigenvalue weighted by molar-refractivity contribution is 6.42. The second kappa shape index (κ2) is 4.91. The van der Waals surface area contributed by atoms with Crippen molar-refractivity contribution in [2.45, 2.75) is 6.42 Å². The topological polar surface area (TPSA) is 46.5 Å². The van der Waals surface area contributed by atoms with Gasteiger partial charge >= 0.3 is 0 Å². The number of carbonyl (C=O) groups excluding carboxylic acids is 2. The van der Waals surface area contributed by atoms with Crippen molar-refractivity contribution >= 4 is 35.2 Å². The molecule has 0 unspecified atom stereocenters. The van der Waals surface area contributed by atoms with Crippen LogP contribution in [0.5, 0.6) is 0 Å². The van der Waals surface area contributed by atoms with Crippen molar-refractivity contribution in [3.63, 3.8) is 0 Å². The molecule has 0 saturated heterocycles. The van der Waals surface area contributed by atoms with Crippen molar-refractivity contribution in [2.75, 3.05) is 0 Å². The molecule has 0 aliphatic carbocycles. The third-order valence-electron chi connectivity index (χ3n) is 1.51. The van der Waals surface area contributed by atoms with Crippen LogP contribution in [-0.2, 0) is 16.0 Å². The van der Waals surface area contributed by atoms with Gasteiger partial charge in [-0.1, -0.05) is 29.3 Å². The molecule has 0 saturated carbocycles. The second-order valence-electron chi connectivity index (χ2n) is 2.52. The zero-order chi connectivity index (χ0) is 10.6. The first-order valence-electron chi connectivity index (χ1n) is 3.68. The molecular weight excluding hydrogens is 225 g/mol. The Hall–Kier alpha value is -1.15. The van der Waals surface area contributed by atoms with Crippen LogP contribution in [0.25, 0.3) is 0 Å². The van der Waals surface area contributed by atoms with Gasteiger partial charge in [-0.3, -0.25) is 4.79 Å². The molecule has 0 N–H and O–H groups in total. The van der Waals surface area contributed by atoms with Gasteiger partial charge in [-0.15, -0.1) is 4.99 Å². The lowest BCUT2D eigenvalue weighted by Crippen LogP contribution is -1.98. The number of benzene rings is 1. The first-order chi connectivity index (χ1) is 6.63. The maximum absolute atomic E-state index is 10.9. The van der Waals surface area contributed by atoms with Crippen LogP contribution in [0.2, 0.25) is 10.0 Å². The number of rotatable bonds is 2. The van der Waals surface area contributed by atoms with Crippen molar-refractivity contribution in [3.8, 4) is 0 Å². The van der Waals surface area contributed by atoms with Crippen molar-refractivity contribution < 1.29 is 9.59 Å². The summed E-state index contributed by atoms with van der Waals surface area (Å²) in [5, 5.41) is 0.786. The summed E-state index contributed by atoms with van der Waals surface area (Å²) in [4.78, 5) is 23.6. The molecular formula is C9H5Cl2NO2. The van der Waals surface area contributed by atoms with Crippen LogP contribution < -0.4 is 0 Å². The number of nitrogens with zero attached hydrogens (tertiary/aromatic N) is 1. The molecule has 1 aromatic rings. The van der Waals surface area contributed by atoms with Crippen molar-refractivity contribution in [1.29, 1.82) is 0 Å². The standard InChI is InChI=1S/C9H5Cl2NO2/c10-7-2-1-6(3-8(7)11)4-9(14)12-5-13/h1-3H,4H2. The third kappa shape index (κ3) is 2.96. The second-order valence-corrected chi connectivity index (χ2v) is 3.34. The van der Waals surface area contributed by atoms with Crippen molar-refractivity contribution in [1.82, 2.24) is 0 Å². The van der Waals surface area contributed by atoms with Gasteiger partial charge in [0.05, 0.1) is 16.5 Å². The van der Waals surface area contributed by atoms with E-state index < -0.39 is 5.91 Å². The fraction of sp³-hybridized carbons (Fsp3) is 0.111. The Bertz CT molecular complexity index is 411. The lowest BCUT2D eigenvalue weighted by atomic mass is 10.1. The highest BCUT2D eigenvalue weighted by atomic mass is 35.5. The van der Waals surface area contributed by atoms with Crippen molar-refractivity contribution in [3.05, 3.63) is 33.8 Å². The molecule has 0 atom stereocenters. The van der Waals surface area contributed by atoms with E-state index in [1.807, 2.05) is 0 Å². The van der Waals surface area contributed by atoms with E-state index in [1.165, 1.54) is 6.08 Å². The minimum Gasteiger partial charge on any atom is -0.271 e. The van der Waals surface area contributed by atoms with Crippen LogP contribution in [0, 0.1) is 0 Å². The van der Waals surface area contributed by atoms with Crippen LogP contribution in [0.4, 0.5) is 0 Å². The fourth-order valence-electron chi connectivity index (χ4n) is 0.915. The molecule has 5 heteroatoms. The van der Waals surface area contributed by atoms with Crippen LogP contribution in [0.15, 0.2) is 23.2 Å². The Balaban J connectivity index is 2.83. The van der Waals surface area contributed by atoms with Gasteiger partial charge in [-0.25, -0.2) is 4.79 Å². The minimum absolute atomic E-state index is 0.0200. The number of hydrogen-bond donors (Lipinski definition) is 0. The quantitative estimate of drug-likeness (QED) is 0.578. The first-order valence-corrected chi connectivity index (χ1v) is 4.43. The van der Waals surface area contributed by atoms with E-state index in [0.717, 1.165) is 0 Å². The molecule has 0 spiro atoms. The summed E-state index contributed by atoms with van der Waals surface area (Å²) in [6, 6.07) is 4.78. The van der Waals surface area contributed by atoms with Crippen LogP contribution in [0.1, 0.15) is 5.56 Å². The molecule has 0 radical (unpaired) electrons. The van der Waals surface area contributed by atoms with Gasteiger partial charge in [-0.05, 0) is 17.7 Å². The Kier molecular flexibility index (Phi) is 3.84. The Morgan fingerprint density at radius 3 is 2.64 bits per heavy atom. The average molecular weight is 230 g/mol. The molecule has 3 nitrogen and oxygen atoms in total. The Labute approximate surface area is 90.4 Å². The predicted molar refractivity (Wildman–Crippen MR) is 53.3 cm³/mol. The Morgan fingerprint density at radius 1 is 1.36 bits per heavy atom. The minimum atomic E-state index is -0.557. The number of isocyanates is 1. The smallest absolute Gasteiger partial charge is 0.260 e. The largest absolute Gasteiger partial charge is 0.271 e. The fourth-order valence-corrected chi connectivity index (χ4v) is 1.24. The van der Waals surface area contributed by atoms with E-state index in [1.54, 1.807) is 18.2 Å². The van der Waals surface area contributed by atoms with E-state index in [9.17, 15) is 9.59 Å². The average Bonchev–Trinajstić information content (AvgIpc) is 2.12. The zero-order valence-corrected chi connectivity index (χ0v) is 8.47. The monoisotopic (exact) mass is 229 g/mol. The first kappa shape index (κ1) is 10.9. The number of hydrogen-bond acceptors (Lipinski definition) is 2. The summed E-state index contributed by atoms with van der Waals surface area (Å²) >= 11 is 11.4. The SMILES string of the molecule is O=C=NC(=O)Cc1ccc(Cl)c(Cl)c1. The molecule has 0 aromatic heterocycles. The summed E-state index contributed by atoms with van der Waals surface area (Å²) in [5.74, 6) is -0.557. The van der Waals surface area contributed by atoms with Crippen molar-refractivity contribution in [2.24, 2.45) is 4.99 Å². The molecule has 14 heavy (non-hydrogen) atoms. The molecule has 0 aliphatic heterocycles. The summed E-state index contributed by atoms with van der Waals surface area (Å²) in [5.41, 5.74) is 0.656. The lowest BCUT2D eigenvalue weighted by Gasteiger charge is -1.99. The maximum Gasteiger partial charge on any atom is 0.260 e. The van der Waals surface area contributed by atoms with E-state index in [4.69, 9.17) is 23.2 Å². The zero-order valence-electron chi connectivity index (χ0n) is 6.96. The van der Waals surface area contributed by atoms with E-state index >= 15 is 0 Å². The molecule has 0 fully saturated rings. The number of aliphatic imine (C=N–C) groups is 1. The predicted octanol–water partition coefficient (Wildman–Crippen LogP) is 2.40. The van der Waals surface area contributed by atoms with E-state index in [0.29, 0.717) is 15.6 Å². The third-order valence-corrected chi connectivity index (χ3v) is 2.25. The molecule has 1 rings (SSSR count). The molecule has 0 bridgehead atoms. The van der Waals surface area contributed by atoms with Gasteiger partial charge in [0.2, 0.25) is 6.08 Å². The van der Waals surface area contributed by atoms with Crippen LogP contribution in [-0.4, -0.2) is 12.0 Å². The van der Waals surface area contributed by atoms with E-state index in [-0.39, 0.29) is 6.42 Å². The van der Waals surface area contributed by atoms with Gasteiger partial charge in [0, 0.05) is 0 Å². The van der Waals surface area contributed by atoms with Crippen LogP contribution in [0.3, 0.4) is 0 Å². The molecule has 1 aromatic carbocycles. The molecule has 72 valence electrons. The summed E-state index contributed by atoms with van der Waals surface area (Å²) in [7, 11) is 0. The summed E-state index contributed by atoms with van der Waals surface area (Å²) in [6.07, 6.45) is 1.20. The number of carbonyl (C=O) groups is 1. The highest BCUT2D eigenvalue weighted by Gasteiger charge is 2.04. The summed E-state index contributed by atoms with van der Waals surface area (Å²) < 4.78 is 0. The highest BCUT2D eigenvalue weighted by Crippen LogP contribution is 2.22. The maximum atomic E-state index is 10.9. The van der Waals surface area contributed by atoms with Gasteiger partial charge in [0.1, 0.15) is 0 Å². The van der Waals surface area contributed by atoms with Gasteiger partial charge in [-0.2, -0.15) is 0 Å². The molecule has 1 amide bonds. The van der Waals surface area contributed by atoms with Gasteiger partial charge < -0.3 is 0 Å². The number of amides is 1. The van der Waals surface area contributed by atoms with Gasteiger partial charge in [0.15, 0.2) is 0 Å². The van der Waals surface area contributed by atoms with E-state index in [2.05, 4.69) is 4.99 Å². The van der Waals surface area contributed by atoms with Crippen LogP contribution >= 0.6 is 23.2 Å². The molecule has 0 aliphatic rings. The number of halogens is 2. The van der Waals surface area contributed by atoms with Gasteiger partial charge in [0.25, 0.3) is 5.91 Å².